The van der Waals surface area contributed by atoms with Gasteiger partial charge in [-0.05, 0) is 37.1 Å². The minimum absolute atomic E-state index is 0.0946. The first-order chi connectivity index (χ1) is 12.7. The fraction of sp³-hybridized carbons (Fsp3) is 0.579. The molecule has 3 fully saturated rings. The van der Waals surface area contributed by atoms with Crippen LogP contribution in [0, 0.1) is 11.8 Å². The third kappa shape index (κ3) is 3.40. The van der Waals surface area contributed by atoms with Gasteiger partial charge in [0.15, 0.2) is 5.96 Å². The average Bonchev–Trinajstić information content (AvgIpc) is 3.35. The van der Waals surface area contributed by atoms with Crippen LogP contribution in [0.4, 0.5) is 0 Å². The van der Waals surface area contributed by atoms with Crippen molar-refractivity contribution >= 4 is 23.5 Å². The van der Waals surface area contributed by atoms with E-state index in [0.717, 1.165) is 19.0 Å². The summed E-state index contributed by atoms with van der Waals surface area (Å²) in [4.78, 5) is 18.9. The lowest BCUT2D eigenvalue weighted by molar-refractivity contribution is 0.0767. The summed E-state index contributed by atoms with van der Waals surface area (Å²) >= 11 is 5.85. The van der Waals surface area contributed by atoms with Gasteiger partial charge >= 0.3 is 0 Å². The highest BCUT2D eigenvalue weighted by molar-refractivity contribution is 6.30. The van der Waals surface area contributed by atoms with Crippen molar-refractivity contribution in [3.05, 3.63) is 34.9 Å². The molecule has 2 bridgehead atoms. The number of halogens is 1. The third-order valence-electron chi connectivity index (χ3n) is 5.76. The quantitative estimate of drug-likeness (QED) is 0.477. The zero-order chi connectivity index (χ0) is 18.1. The molecule has 3 aliphatic heterocycles. The van der Waals surface area contributed by atoms with Crippen LogP contribution in [0.3, 0.4) is 0 Å². The summed E-state index contributed by atoms with van der Waals surface area (Å²) in [5, 5.41) is 6.91. The minimum Gasteiger partial charge on any atom is -0.374 e. The number of fused-ring (bicyclic) bond motifs is 5. The number of amides is 1. The molecule has 0 saturated carbocycles. The summed E-state index contributed by atoms with van der Waals surface area (Å²) in [5.41, 5.74) is 0.613. The Bertz CT molecular complexity index is 675. The van der Waals surface area contributed by atoms with E-state index in [4.69, 9.17) is 16.3 Å². The van der Waals surface area contributed by atoms with Crippen molar-refractivity contribution in [3.63, 3.8) is 0 Å². The number of rotatable bonds is 4. The zero-order valence-electron chi connectivity index (χ0n) is 15.0. The maximum Gasteiger partial charge on any atom is 0.251 e. The lowest BCUT2D eigenvalue weighted by Crippen LogP contribution is -2.44. The largest absolute Gasteiger partial charge is 0.374 e. The molecule has 6 nitrogen and oxygen atoms in total. The van der Waals surface area contributed by atoms with Gasteiger partial charge in [0, 0.05) is 55.6 Å². The van der Waals surface area contributed by atoms with Crippen LogP contribution in [0.1, 0.15) is 23.2 Å². The zero-order valence-corrected chi connectivity index (χ0v) is 15.7. The topological polar surface area (TPSA) is 66.0 Å². The molecule has 0 aromatic heterocycles. The van der Waals surface area contributed by atoms with Crippen molar-refractivity contribution in [1.29, 1.82) is 0 Å². The monoisotopic (exact) mass is 376 g/mol. The lowest BCUT2D eigenvalue weighted by atomic mass is 9.82. The number of hydrogen-bond acceptors (Lipinski definition) is 3. The Hall–Kier alpha value is -1.79. The van der Waals surface area contributed by atoms with Gasteiger partial charge in [-0.3, -0.25) is 9.79 Å². The Kier molecular flexibility index (Phi) is 5.05. The van der Waals surface area contributed by atoms with Gasteiger partial charge in [0.2, 0.25) is 0 Å². The van der Waals surface area contributed by atoms with E-state index in [2.05, 4.69) is 20.5 Å². The molecule has 0 radical (unpaired) electrons. The second-order valence-corrected chi connectivity index (χ2v) is 7.70. The number of hydrogen-bond donors (Lipinski definition) is 2. The van der Waals surface area contributed by atoms with Crippen molar-refractivity contribution in [3.8, 4) is 0 Å². The molecular formula is C19H25ClN4O2. The van der Waals surface area contributed by atoms with Crippen molar-refractivity contribution < 1.29 is 9.53 Å². The van der Waals surface area contributed by atoms with Gasteiger partial charge in [-0.25, -0.2) is 0 Å². The van der Waals surface area contributed by atoms with E-state index < -0.39 is 0 Å². The van der Waals surface area contributed by atoms with Crippen LogP contribution in [0.25, 0.3) is 0 Å². The predicted octanol–water partition coefficient (Wildman–Crippen LogP) is 1.75. The first-order valence-corrected chi connectivity index (χ1v) is 9.68. The second kappa shape index (κ2) is 7.45. The number of guanidine groups is 1. The second-order valence-electron chi connectivity index (χ2n) is 7.26. The smallest absolute Gasteiger partial charge is 0.251 e. The summed E-state index contributed by atoms with van der Waals surface area (Å²) < 4.78 is 6.03. The molecule has 3 saturated heterocycles. The van der Waals surface area contributed by atoms with Gasteiger partial charge < -0.3 is 20.3 Å². The number of carbonyl (C=O) groups excluding carboxylic acids is 1. The predicted molar refractivity (Wildman–Crippen MR) is 102 cm³/mol. The molecular weight excluding hydrogens is 352 g/mol. The molecule has 7 heteroatoms. The van der Waals surface area contributed by atoms with Crippen LogP contribution in [-0.2, 0) is 4.74 Å². The first kappa shape index (κ1) is 17.6. The molecule has 4 unspecified atom stereocenters. The third-order valence-corrected chi connectivity index (χ3v) is 6.02. The Morgan fingerprint density at radius 3 is 2.38 bits per heavy atom. The van der Waals surface area contributed by atoms with E-state index in [1.165, 1.54) is 12.8 Å². The van der Waals surface area contributed by atoms with E-state index in [-0.39, 0.29) is 5.91 Å². The molecule has 1 aromatic carbocycles. The number of aliphatic imine (C=N–C) groups is 1. The summed E-state index contributed by atoms with van der Waals surface area (Å²) in [6, 6.07) is 6.89. The van der Waals surface area contributed by atoms with Crippen molar-refractivity contribution in [2.24, 2.45) is 16.8 Å². The van der Waals surface area contributed by atoms with Crippen molar-refractivity contribution in [2.75, 3.05) is 33.2 Å². The Labute approximate surface area is 158 Å². The molecule has 3 heterocycles. The number of ether oxygens (including phenoxy) is 1. The van der Waals surface area contributed by atoms with Gasteiger partial charge in [-0.1, -0.05) is 11.6 Å². The van der Waals surface area contributed by atoms with Crippen LogP contribution in [0.15, 0.2) is 29.3 Å². The highest BCUT2D eigenvalue weighted by atomic mass is 35.5. The summed E-state index contributed by atoms with van der Waals surface area (Å²) in [7, 11) is 1.81. The van der Waals surface area contributed by atoms with E-state index in [9.17, 15) is 4.79 Å². The molecule has 1 amide bonds. The molecule has 3 aliphatic rings. The number of nitrogens with zero attached hydrogens (tertiary/aromatic N) is 2. The molecule has 140 valence electrons. The van der Waals surface area contributed by atoms with Crippen LogP contribution < -0.4 is 10.6 Å². The molecule has 4 rings (SSSR count). The van der Waals surface area contributed by atoms with Gasteiger partial charge in [0.1, 0.15) is 0 Å². The normalized spacial score (nSPS) is 29.8. The molecule has 4 atom stereocenters. The van der Waals surface area contributed by atoms with Crippen LogP contribution in [0.2, 0.25) is 5.02 Å². The standard InChI is InChI=1S/C19H25ClN4O2/c1-21-19(24-10-14-15(11-24)17-7-6-16(14)26-17)23-9-8-22-18(25)12-2-4-13(20)5-3-12/h2-5,14-17H,6-11H2,1H3,(H,21,23)(H,22,25). The fourth-order valence-corrected chi connectivity index (χ4v) is 4.64. The maximum atomic E-state index is 12.1. The van der Waals surface area contributed by atoms with E-state index in [1.807, 2.05) is 7.05 Å². The molecule has 0 spiro atoms. The van der Waals surface area contributed by atoms with Gasteiger partial charge in [0.25, 0.3) is 5.91 Å². The number of likely N-dealkylation sites (tertiary alicyclic amines) is 1. The maximum absolute atomic E-state index is 12.1. The van der Waals surface area contributed by atoms with Crippen LogP contribution in [-0.4, -0.2) is 62.2 Å². The lowest BCUT2D eigenvalue weighted by Gasteiger charge is -2.23. The van der Waals surface area contributed by atoms with E-state index in [0.29, 0.717) is 47.7 Å². The number of nitrogens with one attached hydrogen (secondary N) is 2. The van der Waals surface area contributed by atoms with Gasteiger partial charge in [-0.15, -0.1) is 0 Å². The Morgan fingerprint density at radius 2 is 1.77 bits per heavy atom. The fourth-order valence-electron chi connectivity index (χ4n) is 4.52. The number of carbonyl (C=O) groups is 1. The van der Waals surface area contributed by atoms with E-state index in [1.54, 1.807) is 24.3 Å². The molecule has 2 N–H and O–H groups in total. The summed E-state index contributed by atoms with van der Waals surface area (Å²) in [6.45, 7) is 3.21. The van der Waals surface area contributed by atoms with Crippen molar-refractivity contribution in [1.82, 2.24) is 15.5 Å². The Balaban J connectivity index is 1.23. The summed E-state index contributed by atoms with van der Waals surface area (Å²) in [5.74, 6) is 2.12. The molecule has 0 aliphatic carbocycles. The number of benzene rings is 1. The van der Waals surface area contributed by atoms with Gasteiger partial charge in [0.05, 0.1) is 12.2 Å². The Morgan fingerprint density at radius 1 is 1.15 bits per heavy atom. The minimum atomic E-state index is -0.0946. The first-order valence-electron chi connectivity index (χ1n) is 9.30. The molecule has 1 aromatic rings. The molecule has 26 heavy (non-hydrogen) atoms. The average molecular weight is 377 g/mol. The van der Waals surface area contributed by atoms with E-state index >= 15 is 0 Å². The van der Waals surface area contributed by atoms with Gasteiger partial charge in [-0.2, -0.15) is 0 Å². The van der Waals surface area contributed by atoms with Crippen LogP contribution >= 0.6 is 11.6 Å². The summed E-state index contributed by atoms with van der Waals surface area (Å²) in [6.07, 6.45) is 3.32. The van der Waals surface area contributed by atoms with Crippen molar-refractivity contribution in [2.45, 2.75) is 25.0 Å². The van der Waals surface area contributed by atoms with Crippen LogP contribution in [0.5, 0.6) is 0 Å². The highest BCUT2D eigenvalue weighted by Gasteiger charge is 2.53. The SMILES string of the molecule is CN=C(NCCNC(=O)c1ccc(Cl)cc1)N1CC2C3CCC(O3)C2C1. The highest BCUT2D eigenvalue weighted by Crippen LogP contribution is 2.47.